The lowest BCUT2D eigenvalue weighted by Crippen LogP contribution is -2.47. The molecule has 1 aromatic heterocycles. The summed E-state index contributed by atoms with van der Waals surface area (Å²) >= 11 is 1.53. The van der Waals surface area contributed by atoms with Crippen molar-refractivity contribution >= 4 is 17.3 Å². The normalized spacial score (nSPS) is 20.6. The Balaban J connectivity index is 1.70. The molecule has 2 atom stereocenters. The first-order valence-electron chi connectivity index (χ1n) is 7.38. The zero-order valence-electron chi connectivity index (χ0n) is 12.2. The molecule has 3 rings (SSSR count). The molecule has 1 aliphatic rings. The van der Waals surface area contributed by atoms with E-state index in [9.17, 15) is 9.90 Å². The molecule has 0 radical (unpaired) electrons. The Bertz CT molecular complexity index is 600. The van der Waals surface area contributed by atoms with Gasteiger partial charge in [-0.25, -0.2) is 0 Å². The average molecular weight is 317 g/mol. The summed E-state index contributed by atoms with van der Waals surface area (Å²) in [5.74, 6) is -0.793. The van der Waals surface area contributed by atoms with Crippen LogP contribution in [0.5, 0.6) is 0 Å². The number of ether oxygens (including phenoxy) is 1. The molecule has 0 aliphatic carbocycles. The van der Waals surface area contributed by atoms with Gasteiger partial charge in [0, 0.05) is 13.1 Å². The maximum atomic E-state index is 11.7. The van der Waals surface area contributed by atoms with E-state index in [4.69, 9.17) is 4.74 Å². The van der Waals surface area contributed by atoms with Crippen LogP contribution in [0, 0.1) is 0 Å². The molecule has 0 spiro atoms. The Hall–Kier alpha value is -1.69. The van der Waals surface area contributed by atoms with Crippen LogP contribution in [-0.4, -0.2) is 41.8 Å². The van der Waals surface area contributed by atoms with Gasteiger partial charge in [0.25, 0.3) is 0 Å². The van der Waals surface area contributed by atoms with E-state index in [-0.39, 0.29) is 6.10 Å². The second-order valence-corrected chi connectivity index (χ2v) is 6.25. The van der Waals surface area contributed by atoms with E-state index in [1.165, 1.54) is 16.9 Å². The monoisotopic (exact) mass is 317 g/mol. The Kier molecular flexibility index (Phi) is 4.87. The fraction of sp³-hybridized carbons (Fsp3) is 0.353. The number of benzene rings is 1. The van der Waals surface area contributed by atoms with E-state index in [1.807, 2.05) is 39.9 Å². The Morgan fingerprint density at radius 2 is 2.18 bits per heavy atom. The summed E-state index contributed by atoms with van der Waals surface area (Å²) in [7, 11) is 0. The smallest absolute Gasteiger partial charge is 0.325 e. The third kappa shape index (κ3) is 3.55. The molecule has 2 aromatic rings. The van der Waals surface area contributed by atoms with Crippen LogP contribution in [0.1, 0.15) is 17.2 Å². The Labute approximate surface area is 134 Å². The molecule has 1 N–H and O–H groups in total. The molecule has 4 nitrogen and oxygen atoms in total. The van der Waals surface area contributed by atoms with Crippen LogP contribution in [0.2, 0.25) is 0 Å². The number of carboxylic acids is 1. The molecule has 0 saturated carbocycles. The number of carboxylic acid groups (broad SMARTS) is 1. The highest BCUT2D eigenvalue weighted by molar-refractivity contribution is 7.08. The average Bonchev–Trinajstić information content (AvgIpc) is 3.02. The zero-order valence-corrected chi connectivity index (χ0v) is 13.0. The molecule has 2 heterocycles. The van der Waals surface area contributed by atoms with Crippen molar-refractivity contribution in [2.24, 2.45) is 0 Å². The third-order valence-electron chi connectivity index (χ3n) is 3.93. The first-order chi connectivity index (χ1) is 10.7. The summed E-state index contributed by atoms with van der Waals surface area (Å²) in [4.78, 5) is 13.7. The lowest BCUT2D eigenvalue weighted by molar-refractivity contribution is -0.147. The number of rotatable bonds is 5. The number of carbonyl (C=O) groups is 1. The number of hydrogen-bond donors (Lipinski definition) is 1. The van der Waals surface area contributed by atoms with Crippen LogP contribution in [0.15, 0.2) is 47.2 Å². The van der Waals surface area contributed by atoms with Crippen molar-refractivity contribution in [3.63, 3.8) is 0 Å². The van der Waals surface area contributed by atoms with Crippen molar-refractivity contribution < 1.29 is 14.6 Å². The van der Waals surface area contributed by atoms with E-state index in [0.717, 1.165) is 12.0 Å². The number of morpholine rings is 1. The van der Waals surface area contributed by atoms with Crippen LogP contribution >= 0.6 is 11.3 Å². The second-order valence-electron chi connectivity index (χ2n) is 5.47. The minimum absolute atomic E-state index is 0.0386. The highest BCUT2D eigenvalue weighted by atomic mass is 32.1. The summed E-state index contributed by atoms with van der Waals surface area (Å²) in [6.45, 7) is 1.87. The summed E-state index contributed by atoms with van der Waals surface area (Å²) in [5.41, 5.74) is 2.08. The molecule has 5 heteroatoms. The number of thiophene rings is 1. The molecule has 0 bridgehead atoms. The van der Waals surface area contributed by atoms with Gasteiger partial charge in [-0.15, -0.1) is 0 Å². The van der Waals surface area contributed by atoms with Gasteiger partial charge in [-0.3, -0.25) is 9.69 Å². The van der Waals surface area contributed by atoms with Crippen molar-refractivity contribution in [3.05, 3.63) is 58.3 Å². The van der Waals surface area contributed by atoms with Gasteiger partial charge >= 0.3 is 5.97 Å². The molecule has 1 aliphatic heterocycles. The van der Waals surface area contributed by atoms with E-state index >= 15 is 0 Å². The molecule has 0 unspecified atom stereocenters. The maximum absolute atomic E-state index is 11.7. The quantitative estimate of drug-likeness (QED) is 0.921. The summed E-state index contributed by atoms with van der Waals surface area (Å²) in [6.07, 6.45) is 0.851. The van der Waals surface area contributed by atoms with Gasteiger partial charge < -0.3 is 9.84 Å². The van der Waals surface area contributed by atoms with E-state index in [2.05, 4.69) is 12.1 Å². The lowest BCUT2D eigenvalue weighted by atomic mass is 10.0. The van der Waals surface area contributed by atoms with Crippen molar-refractivity contribution in [3.8, 4) is 0 Å². The van der Waals surface area contributed by atoms with Crippen LogP contribution < -0.4 is 0 Å². The molecule has 22 heavy (non-hydrogen) atoms. The van der Waals surface area contributed by atoms with Gasteiger partial charge in [-0.2, -0.15) is 11.3 Å². The first kappa shape index (κ1) is 15.2. The molecule has 1 aromatic carbocycles. The molecular weight excluding hydrogens is 298 g/mol. The predicted molar refractivity (Wildman–Crippen MR) is 86.2 cm³/mol. The standard InChI is InChI=1S/C17H19NO3S/c19-17(20)16(14-6-9-22-12-14)18-7-8-21-15(11-18)10-13-4-2-1-3-5-13/h1-6,9,12,15-16H,7-8,10-11H2,(H,19,20)/t15-,16-/m0/s1. The van der Waals surface area contributed by atoms with Crippen molar-refractivity contribution in [2.45, 2.75) is 18.6 Å². The van der Waals surface area contributed by atoms with Crippen molar-refractivity contribution in [2.75, 3.05) is 19.7 Å². The van der Waals surface area contributed by atoms with Gasteiger partial charge in [0.2, 0.25) is 0 Å². The second kappa shape index (κ2) is 7.05. The van der Waals surface area contributed by atoms with Crippen molar-refractivity contribution in [1.29, 1.82) is 0 Å². The Morgan fingerprint density at radius 1 is 1.36 bits per heavy atom. The highest BCUT2D eigenvalue weighted by Gasteiger charge is 2.32. The summed E-state index contributed by atoms with van der Waals surface area (Å²) < 4.78 is 5.83. The Morgan fingerprint density at radius 3 is 2.86 bits per heavy atom. The summed E-state index contributed by atoms with van der Waals surface area (Å²) in [5, 5.41) is 13.4. The van der Waals surface area contributed by atoms with Crippen molar-refractivity contribution in [1.82, 2.24) is 4.90 Å². The largest absolute Gasteiger partial charge is 0.480 e. The topological polar surface area (TPSA) is 49.8 Å². The van der Waals surface area contributed by atoms with Crippen LogP contribution in [0.25, 0.3) is 0 Å². The number of nitrogens with zero attached hydrogens (tertiary/aromatic N) is 1. The molecule has 1 saturated heterocycles. The van der Waals surface area contributed by atoms with Gasteiger partial charge in [0.1, 0.15) is 6.04 Å². The fourth-order valence-corrected chi connectivity index (χ4v) is 3.60. The zero-order chi connectivity index (χ0) is 15.4. The minimum atomic E-state index is -0.793. The fourth-order valence-electron chi connectivity index (χ4n) is 2.92. The SMILES string of the molecule is O=C(O)[C@H](c1ccsc1)N1CCO[C@@H](Cc2ccccc2)C1. The van der Waals surface area contributed by atoms with Crippen LogP contribution in [0.4, 0.5) is 0 Å². The maximum Gasteiger partial charge on any atom is 0.325 e. The van der Waals surface area contributed by atoms with Gasteiger partial charge in [0.15, 0.2) is 0 Å². The highest BCUT2D eigenvalue weighted by Crippen LogP contribution is 2.26. The van der Waals surface area contributed by atoms with E-state index < -0.39 is 12.0 Å². The van der Waals surface area contributed by atoms with E-state index in [1.54, 1.807) is 0 Å². The summed E-state index contributed by atoms with van der Waals surface area (Å²) in [6, 6.07) is 11.5. The van der Waals surface area contributed by atoms with Crippen LogP contribution in [-0.2, 0) is 16.0 Å². The lowest BCUT2D eigenvalue weighted by Gasteiger charge is -2.36. The molecular formula is C17H19NO3S. The third-order valence-corrected chi connectivity index (χ3v) is 4.64. The van der Waals surface area contributed by atoms with Gasteiger partial charge in [-0.1, -0.05) is 30.3 Å². The van der Waals surface area contributed by atoms with Gasteiger partial charge in [-0.05, 0) is 34.4 Å². The predicted octanol–water partition coefficient (Wildman–Crippen LogP) is 2.82. The number of aliphatic carboxylic acids is 1. The first-order valence-corrected chi connectivity index (χ1v) is 8.33. The van der Waals surface area contributed by atoms with Gasteiger partial charge in [0.05, 0.1) is 12.7 Å². The number of hydrogen-bond acceptors (Lipinski definition) is 4. The molecule has 1 fully saturated rings. The molecule has 0 amide bonds. The minimum Gasteiger partial charge on any atom is -0.480 e. The van der Waals surface area contributed by atoms with E-state index in [0.29, 0.717) is 19.7 Å². The van der Waals surface area contributed by atoms with Crippen LogP contribution in [0.3, 0.4) is 0 Å². The molecule has 116 valence electrons.